The smallest absolute Gasteiger partial charge is 0.303 e. The van der Waals surface area contributed by atoms with Crippen molar-refractivity contribution in [3.8, 4) is 0 Å². The maximum absolute atomic E-state index is 13.2. The highest BCUT2D eigenvalue weighted by atomic mass is 79.9. The van der Waals surface area contributed by atoms with Gasteiger partial charge in [0.15, 0.2) is 11.6 Å². The van der Waals surface area contributed by atoms with Crippen molar-refractivity contribution in [1.29, 1.82) is 0 Å². The molecule has 1 aromatic carbocycles. The Labute approximate surface area is 99.4 Å². The highest BCUT2D eigenvalue weighted by Gasteiger charge is 2.16. The van der Waals surface area contributed by atoms with E-state index >= 15 is 0 Å². The van der Waals surface area contributed by atoms with Gasteiger partial charge in [0.1, 0.15) is 0 Å². The van der Waals surface area contributed by atoms with E-state index in [0.29, 0.717) is 5.56 Å². The fraction of sp³-hybridized carbons (Fsp3) is 0.300. The quantitative estimate of drug-likeness (QED) is 0.839. The summed E-state index contributed by atoms with van der Waals surface area (Å²) in [5, 5.41) is 8.48. The molecule has 0 saturated carbocycles. The second-order valence-electron chi connectivity index (χ2n) is 3.30. The molecule has 6 heteroatoms. The summed E-state index contributed by atoms with van der Waals surface area (Å²) in [6.45, 7) is 0. The van der Waals surface area contributed by atoms with E-state index < -0.39 is 23.6 Å². The largest absolute Gasteiger partial charge is 0.481 e. The summed E-state index contributed by atoms with van der Waals surface area (Å²) in [5.74, 6) is -2.96. The standard InChI is InChI=1S/C10H10BrF2NO2/c11-9-5(1-2-6(12)10(9)13)7(14)3-4-8(15)16/h1-2,7H,3-4,14H2,(H,15,16). The molecule has 0 bridgehead atoms. The molecular weight excluding hydrogens is 284 g/mol. The van der Waals surface area contributed by atoms with E-state index in [4.69, 9.17) is 10.8 Å². The third kappa shape index (κ3) is 2.99. The second-order valence-corrected chi connectivity index (χ2v) is 4.10. The SMILES string of the molecule is NC(CCC(=O)O)c1ccc(F)c(F)c1Br. The number of carboxylic acid groups (broad SMARTS) is 1. The van der Waals surface area contributed by atoms with Crippen LogP contribution in [0.25, 0.3) is 0 Å². The third-order valence-electron chi connectivity index (χ3n) is 2.13. The van der Waals surface area contributed by atoms with E-state index in [2.05, 4.69) is 15.9 Å². The highest BCUT2D eigenvalue weighted by Crippen LogP contribution is 2.28. The number of benzene rings is 1. The number of carbonyl (C=O) groups is 1. The summed E-state index contributed by atoms with van der Waals surface area (Å²) in [6.07, 6.45) is 0.0472. The number of carboxylic acids is 1. The molecule has 16 heavy (non-hydrogen) atoms. The Morgan fingerprint density at radius 2 is 2.12 bits per heavy atom. The zero-order valence-corrected chi connectivity index (χ0v) is 9.80. The van der Waals surface area contributed by atoms with Crippen LogP contribution in [0.1, 0.15) is 24.4 Å². The Morgan fingerprint density at radius 3 is 2.69 bits per heavy atom. The fourth-order valence-electron chi connectivity index (χ4n) is 1.26. The zero-order valence-electron chi connectivity index (χ0n) is 8.21. The van der Waals surface area contributed by atoms with Gasteiger partial charge in [0.05, 0.1) is 4.47 Å². The zero-order chi connectivity index (χ0) is 12.3. The van der Waals surface area contributed by atoms with Crippen molar-refractivity contribution in [2.75, 3.05) is 0 Å². The van der Waals surface area contributed by atoms with Crippen LogP contribution in [0.4, 0.5) is 8.78 Å². The molecule has 0 amide bonds. The van der Waals surface area contributed by atoms with Crippen molar-refractivity contribution in [3.05, 3.63) is 33.8 Å². The van der Waals surface area contributed by atoms with Gasteiger partial charge in [-0.3, -0.25) is 4.79 Å². The van der Waals surface area contributed by atoms with E-state index in [0.717, 1.165) is 6.07 Å². The molecule has 0 spiro atoms. The molecule has 0 heterocycles. The van der Waals surface area contributed by atoms with Crippen LogP contribution in [0.5, 0.6) is 0 Å². The first-order valence-electron chi connectivity index (χ1n) is 4.54. The van der Waals surface area contributed by atoms with Crippen LogP contribution >= 0.6 is 15.9 Å². The molecule has 0 aliphatic rings. The Balaban J connectivity index is 2.87. The van der Waals surface area contributed by atoms with E-state index in [-0.39, 0.29) is 17.3 Å². The number of hydrogen-bond donors (Lipinski definition) is 2. The molecule has 1 atom stereocenters. The second kappa shape index (κ2) is 5.36. The van der Waals surface area contributed by atoms with Gasteiger partial charge in [0.25, 0.3) is 0 Å². The molecule has 0 aromatic heterocycles. The summed E-state index contributed by atoms with van der Waals surface area (Å²) in [7, 11) is 0. The molecule has 1 aromatic rings. The predicted octanol–water partition coefficient (Wildman–Crippen LogP) is 2.59. The number of aliphatic carboxylic acids is 1. The number of nitrogens with two attached hydrogens (primary N) is 1. The average Bonchev–Trinajstić information content (AvgIpc) is 2.23. The first-order chi connectivity index (χ1) is 7.43. The van der Waals surface area contributed by atoms with Gasteiger partial charge in [0, 0.05) is 12.5 Å². The topological polar surface area (TPSA) is 63.3 Å². The van der Waals surface area contributed by atoms with E-state index in [1.807, 2.05) is 0 Å². The van der Waals surface area contributed by atoms with Crippen LogP contribution in [-0.4, -0.2) is 11.1 Å². The van der Waals surface area contributed by atoms with Gasteiger partial charge in [-0.05, 0) is 34.0 Å². The van der Waals surface area contributed by atoms with Gasteiger partial charge < -0.3 is 10.8 Å². The Kier molecular flexibility index (Phi) is 4.37. The molecule has 3 nitrogen and oxygen atoms in total. The lowest BCUT2D eigenvalue weighted by Gasteiger charge is -2.13. The van der Waals surface area contributed by atoms with Crippen LogP contribution < -0.4 is 5.73 Å². The monoisotopic (exact) mass is 293 g/mol. The van der Waals surface area contributed by atoms with Crippen molar-refractivity contribution in [1.82, 2.24) is 0 Å². The number of hydrogen-bond acceptors (Lipinski definition) is 2. The first-order valence-corrected chi connectivity index (χ1v) is 5.33. The van der Waals surface area contributed by atoms with Crippen molar-refractivity contribution >= 4 is 21.9 Å². The maximum atomic E-state index is 13.2. The maximum Gasteiger partial charge on any atom is 0.303 e. The molecule has 0 aliphatic heterocycles. The lowest BCUT2D eigenvalue weighted by Crippen LogP contribution is -2.13. The minimum absolute atomic E-state index is 0.0506. The Bertz CT molecular complexity index is 412. The molecule has 0 aliphatic carbocycles. The molecule has 1 unspecified atom stereocenters. The summed E-state index contributed by atoms with van der Waals surface area (Å²) in [4.78, 5) is 10.3. The molecule has 1 rings (SSSR count). The number of rotatable bonds is 4. The van der Waals surface area contributed by atoms with Crippen LogP contribution in [0.2, 0.25) is 0 Å². The van der Waals surface area contributed by atoms with Crippen molar-refractivity contribution in [2.45, 2.75) is 18.9 Å². The van der Waals surface area contributed by atoms with Gasteiger partial charge >= 0.3 is 5.97 Å². The Morgan fingerprint density at radius 1 is 1.50 bits per heavy atom. The van der Waals surface area contributed by atoms with E-state index in [1.54, 1.807) is 0 Å². The summed E-state index contributed by atoms with van der Waals surface area (Å²) in [6, 6.07) is 1.67. The predicted molar refractivity (Wildman–Crippen MR) is 57.9 cm³/mol. The third-order valence-corrected chi connectivity index (χ3v) is 2.94. The molecule has 88 valence electrons. The number of halogens is 3. The molecule has 0 saturated heterocycles. The average molecular weight is 294 g/mol. The summed E-state index contributed by atoms with van der Waals surface area (Å²) in [5.41, 5.74) is 6.04. The molecular formula is C10H10BrF2NO2. The van der Waals surface area contributed by atoms with Crippen LogP contribution in [0, 0.1) is 11.6 Å². The summed E-state index contributed by atoms with van der Waals surface area (Å²) < 4.78 is 25.9. The molecule has 0 fully saturated rings. The lowest BCUT2D eigenvalue weighted by atomic mass is 10.0. The van der Waals surface area contributed by atoms with Gasteiger partial charge in [-0.1, -0.05) is 6.07 Å². The molecule has 0 radical (unpaired) electrons. The van der Waals surface area contributed by atoms with Crippen LogP contribution in [0.3, 0.4) is 0 Å². The van der Waals surface area contributed by atoms with Gasteiger partial charge in [-0.2, -0.15) is 0 Å². The summed E-state index contributed by atoms with van der Waals surface area (Å²) >= 11 is 2.90. The van der Waals surface area contributed by atoms with Gasteiger partial charge in [-0.15, -0.1) is 0 Å². The normalized spacial score (nSPS) is 12.5. The highest BCUT2D eigenvalue weighted by molar-refractivity contribution is 9.10. The minimum atomic E-state index is -1.01. The van der Waals surface area contributed by atoms with Gasteiger partial charge in [-0.25, -0.2) is 8.78 Å². The van der Waals surface area contributed by atoms with Gasteiger partial charge in [0.2, 0.25) is 0 Å². The van der Waals surface area contributed by atoms with Crippen LogP contribution in [-0.2, 0) is 4.79 Å². The molecule has 3 N–H and O–H groups in total. The lowest BCUT2D eigenvalue weighted by molar-refractivity contribution is -0.137. The van der Waals surface area contributed by atoms with E-state index in [9.17, 15) is 13.6 Å². The first kappa shape index (κ1) is 13.1. The van der Waals surface area contributed by atoms with E-state index in [1.165, 1.54) is 6.07 Å². The van der Waals surface area contributed by atoms with Crippen molar-refractivity contribution < 1.29 is 18.7 Å². The Hall–Kier alpha value is -1.01. The van der Waals surface area contributed by atoms with Crippen LogP contribution in [0.15, 0.2) is 16.6 Å². The minimum Gasteiger partial charge on any atom is -0.481 e. The fourth-order valence-corrected chi connectivity index (χ4v) is 1.88. The van der Waals surface area contributed by atoms with Crippen molar-refractivity contribution in [3.63, 3.8) is 0 Å². The van der Waals surface area contributed by atoms with Crippen molar-refractivity contribution in [2.24, 2.45) is 5.73 Å².